The number of nitrogens with zero attached hydrogens (tertiary/aromatic N) is 6. The van der Waals surface area contributed by atoms with E-state index in [2.05, 4.69) is 61.7 Å². The maximum atomic E-state index is 5.40. The third kappa shape index (κ3) is 5.09. The Morgan fingerprint density at radius 3 is 2.33 bits per heavy atom. The zero-order valence-electron chi connectivity index (χ0n) is 19.5. The highest BCUT2D eigenvalue weighted by Crippen LogP contribution is 2.31. The van der Waals surface area contributed by atoms with Gasteiger partial charge in [0.1, 0.15) is 5.75 Å². The summed E-state index contributed by atoms with van der Waals surface area (Å²) in [6, 6.07) is 19.6. The van der Waals surface area contributed by atoms with E-state index < -0.39 is 0 Å². The molecule has 33 heavy (non-hydrogen) atoms. The Morgan fingerprint density at radius 2 is 1.64 bits per heavy atom. The monoisotopic (exact) mass is 446 g/mol. The average Bonchev–Trinajstić information content (AvgIpc) is 3.33. The number of benzene rings is 2. The summed E-state index contributed by atoms with van der Waals surface area (Å²) in [7, 11) is 1.71. The van der Waals surface area contributed by atoms with Crippen molar-refractivity contribution in [3.63, 3.8) is 0 Å². The van der Waals surface area contributed by atoms with Gasteiger partial charge in [0.25, 0.3) is 0 Å². The first-order valence-corrected chi connectivity index (χ1v) is 12.2. The standard InChI is InChI=1S/C26H34N6O/c1-33-24-14-12-22(13-15-24)25(26-27-28-29-32(26)20-21-8-4-2-5-9-21)31-18-16-30(17-19-31)23-10-6-3-7-11-23/h2,4-5,8-9,12-15,23,25H,3,6-7,10-11,16-20H2,1H3/t25-/m1/s1. The summed E-state index contributed by atoms with van der Waals surface area (Å²) >= 11 is 0. The van der Waals surface area contributed by atoms with Gasteiger partial charge < -0.3 is 4.74 Å². The number of hydrogen-bond donors (Lipinski definition) is 0. The van der Waals surface area contributed by atoms with E-state index in [1.54, 1.807) is 7.11 Å². The van der Waals surface area contributed by atoms with E-state index in [4.69, 9.17) is 4.74 Å². The lowest BCUT2D eigenvalue weighted by atomic mass is 9.93. The highest BCUT2D eigenvalue weighted by molar-refractivity contribution is 5.32. The van der Waals surface area contributed by atoms with Crippen LogP contribution in [0, 0.1) is 0 Å². The highest BCUT2D eigenvalue weighted by Gasteiger charge is 2.32. The Balaban J connectivity index is 1.39. The molecular weight excluding hydrogens is 412 g/mol. The summed E-state index contributed by atoms with van der Waals surface area (Å²) in [6.07, 6.45) is 6.88. The number of hydrogen-bond acceptors (Lipinski definition) is 6. The summed E-state index contributed by atoms with van der Waals surface area (Å²) in [6.45, 7) is 4.92. The van der Waals surface area contributed by atoms with Crippen LogP contribution in [0.1, 0.15) is 55.1 Å². The van der Waals surface area contributed by atoms with Crippen molar-refractivity contribution in [3.05, 3.63) is 71.5 Å². The van der Waals surface area contributed by atoms with Crippen LogP contribution in [0.3, 0.4) is 0 Å². The van der Waals surface area contributed by atoms with Gasteiger partial charge in [-0.25, -0.2) is 4.68 Å². The van der Waals surface area contributed by atoms with E-state index in [0.717, 1.165) is 43.8 Å². The Kier molecular flexibility index (Phi) is 6.98. The van der Waals surface area contributed by atoms with Gasteiger partial charge in [-0.1, -0.05) is 61.7 Å². The van der Waals surface area contributed by atoms with E-state index >= 15 is 0 Å². The van der Waals surface area contributed by atoms with E-state index in [1.165, 1.54) is 43.2 Å². The Hall–Kier alpha value is -2.77. The lowest BCUT2D eigenvalue weighted by Crippen LogP contribution is -2.52. The zero-order valence-corrected chi connectivity index (χ0v) is 19.5. The Morgan fingerprint density at radius 1 is 0.909 bits per heavy atom. The van der Waals surface area contributed by atoms with Gasteiger partial charge in [0.15, 0.2) is 5.82 Å². The van der Waals surface area contributed by atoms with Crippen molar-refractivity contribution in [1.82, 2.24) is 30.0 Å². The lowest BCUT2D eigenvalue weighted by molar-refractivity contribution is 0.0620. The van der Waals surface area contributed by atoms with E-state index in [0.29, 0.717) is 6.54 Å². The largest absolute Gasteiger partial charge is 0.497 e. The van der Waals surface area contributed by atoms with Crippen LogP contribution >= 0.6 is 0 Å². The van der Waals surface area contributed by atoms with Crippen molar-refractivity contribution < 1.29 is 4.74 Å². The normalized spacial score (nSPS) is 19.4. The van der Waals surface area contributed by atoms with Crippen LogP contribution in [0.2, 0.25) is 0 Å². The molecule has 174 valence electrons. The van der Waals surface area contributed by atoms with Gasteiger partial charge in [0.05, 0.1) is 19.7 Å². The van der Waals surface area contributed by atoms with Gasteiger partial charge in [-0.3, -0.25) is 9.80 Å². The van der Waals surface area contributed by atoms with Gasteiger partial charge in [0.2, 0.25) is 0 Å². The molecule has 3 aromatic rings. The van der Waals surface area contributed by atoms with Crippen LogP contribution in [0.5, 0.6) is 5.75 Å². The molecule has 1 saturated heterocycles. The van der Waals surface area contributed by atoms with Gasteiger partial charge >= 0.3 is 0 Å². The van der Waals surface area contributed by atoms with Gasteiger partial charge in [-0.2, -0.15) is 0 Å². The van der Waals surface area contributed by atoms with Crippen molar-refractivity contribution >= 4 is 0 Å². The molecule has 7 nitrogen and oxygen atoms in total. The number of ether oxygens (including phenoxy) is 1. The first kappa shape index (κ1) is 22.0. The smallest absolute Gasteiger partial charge is 0.173 e. The van der Waals surface area contributed by atoms with Crippen LogP contribution in [0.25, 0.3) is 0 Å². The molecule has 1 atom stereocenters. The third-order valence-electron chi connectivity index (χ3n) is 7.22. The second kappa shape index (κ2) is 10.4. The maximum Gasteiger partial charge on any atom is 0.173 e. The fourth-order valence-electron chi connectivity index (χ4n) is 5.39. The lowest BCUT2D eigenvalue weighted by Gasteiger charge is -2.43. The second-order valence-electron chi connectivity index (χ2n) is 9.22. The minimum absolute atomic E-state index is 0.0168. The Bertz CT molecular complexity index is 991. The number of tetrazole rings is 1. The fraction of sp³-hybridized carbons (Fsp3) is 0.500. The van der Waals surface area contributed by atoms with Gasteiger partial charge in [-0.05, 0) is 46.5 Å². The van der Waals surface area contributed by atoms with Crippen molar-refractivity contribution in [3.8, 4) is 5.75 Å². The molecule has 2 fully saturated rings. The third-order valence-corrected chi connectivity index (χ3v) is 7.22. The van der Waals surface area contributed by atoms with E-state index in [1.807, 2.05) is 22.9 Å². The Labute approximate surface area is 196 Å². The van der Waals surface area contributed by atoms with Crippen LogP contribution in [-0.2, 0) is 6.54 Å². The molecule has 1 saturated carbocycles. The van der Waals surface area contributed by atoms with Crippen LogP contribution in [-0.4, -0.2) is 69.3 Å². The first-order valence-electron chi connectivity index (χ1n) is 12.2. The molecule has 0 radical (unpaired) electrons. The maximum absolute atomic E-state index is 5.40. The number of aromatic nitrogens is 4. The van der Waals surface area contributed by atoms with Crippen molar-refractivity contribution in [1.29, 1.82) is 0 Å². The number of rotatable bonds is 7. The number of piperazine rings is 1. The van der Waals surface area contributed by atoms with Gasteiger partial charge in [0, 0.05) is 32.2 Å². The molecule has 0 bridgehead atoms. The van der Waals surface area contributed by atoms with Crippen LogP contribution in [0.15, 0.2) is 54.6 Å². The molecule has 0 unspecified atom stereocenters. The number of methoxy groups -OCH3 is 1. The van der Waals surface area contributed by atoms with Crippen LogP contribution in [0.4, 0.5) is 0 Å². The van der Waals surface area contributed by atoms with Crippen molar-refractivity contribution in [2.45, 2.75) is 50.7 Å². The molecule has 0 spiro atoms. The van der Waals surface area contributed by atoms with E-state index in [9.17, 15) is 0 Å². The topological polar surface area (TPSA) is 59.3 Å². The molecule has 7 heteroatoms. The summed E-state index contributed by atoms with van der Waals surface area (Å²) in [5.74, 6) is 1.76. The molecule has 0 N–H and O–H groups in total. The summed E-state index contributed by atoms with van der Waals surface area (Å²) in [4.78, 5) is 5.27. The minimum atomic E-state index is 0.0168. The first-order chi connectivity index (χ1) is 16.3. The SMILES string of the molecule is COc1ccc([C@H](c2nnnn2Cc2ccccc2)N2CCN(C3CCCCC3)CC2)cc1. The average molecular weight is 447 g/mol. The molecule has 1 aliphatic heterocycles. The van der Waals surface area contributed by atoms with Crippen molar-refractivity contribution in [2.75, 3.05) is 33.3 Å². The molecule has 2 heterocycles. The fourth-order valence-corrected chi connectivity index (χ4v) is 5.39. The second-order valence-corrected chi connectivity index (χ2v) is 9.22. The highest BCUT2D eigenvalue weighted by atomic mass is 16.5. The minimum Gasteiger partial charge on any atom is -0.497 e. The zero-order chi connectivity index (χ0) is 22.5. The summed E-state index contributed by atoms with van der Waals surface area (Å²) < 4.78 is 7.36. The predicted molar refractivity (Wildman–Crippen MR) is 128 cm³/mol. The molecule has 0 amide bonds. The molecule has 1 aliphatic carbocycles. The van der Waals surface area contributed by atoms with Crippen LogP contribution < -0.4 is 4.74 Å². The molecular formula is C26H34N6O. The molecule has 2 aromatic carbocycles. The summed E-state index contributed by atoms with van der Waals surface area (Å²) in [5, 5.41) is 13.0. The van der Waals surface area contributed by atoms with Crippen molar-refractivity contribution in [2.24, 2.45) is 0 Å². The summed E-state index contributed by atoms with van der Waals surface area (Å²) in [5.41, 5.74) is 2.40. The molecule has 2 aliphatic rings. The predicted octanol–water partition coefficient (Wildman–Crippen LogP) is 3.77. The molecule has 1 aromatic heterocycles. The quantitative estimate of drug-likeness (QED) is 0.551. The van der Waals surface area contributed by atoms with Gasteiger partial charge in [-0.15, -0.1) is 5.10 Å². The van der Waals surface area contributed by atoms with E-state index in [-0.39, 0.29) is 6.04 Å². The molecule has 5 rings (SSSR count).